The quantitative estimate of drug-likeness (QED) is 0.776. The number of halogens is 1. The third kappa shape index (κ3) is 4.23. The maximum atomic E-state index is 12.9. The van der Waals surface area contributed by atoms with Crippen LogP contribution in [0.5, 0.6) is 0 Å². The van der Waals surface area contributed by atoms with Gasteiger partial charge in [0, 0.05) is 17.4 Å². The van der Waals surface area contributed by atoms with E-state index in [1.807, 2.05) is 0 Å². The zero-order chi connectivity index (χ0) is 17.2. The molecule has 0 radical (unpaired) electrons. The normalized spacial score (nSPS) is 14.0. The van der Waals surface area contributed by atoms with Crippen LogP contribution in [0.15, 0.2) is 53.4 Å². The zero-order valence-electron chi connectivity index (χ0n) is 12.6. The lowest BCUT2D eigenvalue weighted by molar-refractivity contribution is 0.251. The Kier molecular flexibility index (Phi) is 4.39. The molecule has 0 aliphatic heterocycles. The summed E-state index contributed by atoms with van der Waals surface area (Å²) >= 11 is 0. The van der Waals surface area contributed by atoms with E-state index in [9.17, 15) is 17.6 Å². The molecular formula is C16H16FN3O3S. The number of rotatable bonds is 5. The fraction of sp³-hybridized carbons (Fsp3) is 0.188. The summed E-state index contributed by atoms with van der Waals surface area (Å²) in [6.45, 7) is 0. The third-order valence-electron chi connectivity index (χ3n) is 3.43. The van der Waals surface area contributed by atoms with Gasteiger partial charge in [0.05, 0.1) is 4.90 Å². The number of sulfonamides is 1. The van der Waals surface area contributed by atoms with Gasteiger partial charge in [0.2, 0.25) is 0 Å². The summed E-state index contributed by atoms with van der Waals surface area (Å²) in [5.41, 5.74) is 0.894. The second-order valence-corrected chi connectivity index (χ2v) is 7.19. The van der Waals surface area contributed by atoms with Gasteiger partial charge in [-0.3, -0.25) is 4.72 Å². The fourth-order valence-electron chi connectivity index (χ4n) is 2.03. The standard InChI is InChI=1S/C16H16FN3O3S/c17-11-1-9-15(10-2-11)24(22,23)20-14-7-5-13(6-8-14)19-16(21)18-12-3-4-12/h1-2,5-10,12,20H,3-4H2,(H2,18,19,21). The highest BCUT2D eigenvalue weighted by Crippen LogP contribution is 2.20. The van der Waals surface area contributed by atoms with Crippen molar-refractivity contribution >= 4 is 27.4 Å². The number of carbonyl (C=O) groups excluding carboxylic acids is 1. The van der Waals surface area contributed by atoms with Gasteiger partial charge in [0.15, 0.2) is 0 Å². The lowest BCUT2D eigenvalue weighted by Gasteiger charge is -2.10. The Morgan fingerprint density at radius 1 is 0.958 bits per heavy atom. The highest BCUT2D eigenvalue weighted by Gasteiger charge is 2.23. The number of hydrogen-bond acceptors (Lipinski definition) is 3. The van der Waals surface area contributed by atoms with E-state index in [-0.39, 0.29) is 17.0 Å². The molecule has 1 aliphatic carbocycles. The average Bonchev–Trinajstić information content (AvgIpc) is 3.33. The van der Waals surface area contributed by atoms with Gasteiger partial charge in [0.25, 0.3) is 10.0 Å². The molecule has 1 aliphatic rings. The minimum atomic E-state index is -3.79. The van der Waals surface area contributed by atoms with Crippen molar-refractivity contribution in [2.75, 3.05) is 10.0 Å². The molecule has 8 heteroatoms. The Morgan fingerprint density at radius 3 is 2.12 bits per heavy atom. The van der Waals surface area contributed by atoms with Crippen LogP contribution < -0.4 is 15.4 Å². The van der Waals surface area contributed by atoms with Crippen molar-refractivity contribution < 1.29 is 17.6 Å². The minimum absolute atomic E-state index is 0.0325. The van der Waals surface area contributed by atoms with E-state index in [1.165, 1.54) is 24.3 Å². The highest BCUT2D eigenvalue weighted by molar-refractivity contribution is 7.92. The lowest BCUT2D eigenvalue weighted by atomic mass is 10.3. The van der Waals surface area contributed by atoms with Crippen LogP contribution in [0.2, 0.25) is 0 Å². The number of hydrogen-bond donors (Lipinski definition) is 3. The molecule has 126 valence electrons. The van der Waals surface area contributed by atoms with Crippen molar-refractivity contribution in [2.45, 2.75) is 23.8 Å². The van der Waals surface area contributed by atoms with Gasteiger partial charge in [-0.05, 0) is 61.4 Å². The molecule has 3 N–H and O–H groups in total. The zero-order valence-corrected chi connectivity index (χ0v) is 13.4. The number of anilines is 2. The Hall–Kier alpha value is -2.61. The largest absolute Gasteiger partial charge is 0.335 e. The first kappa shape index (κ1) is 16.3. The minimum Gasteiger partial charge on any atom is -0.335 e. The van der Waals surface area contributed by atoms with E-state index in [0.717, 1.165) is 25.0 Å². The van der Waals surface area contributed by atoms with Crippen LogP contribution in [0, 0.1) is 5.82 Å². The maximum absolute atomic E-state index is 12.9. The van der Waals surface area contributed by atoms with E-state index < -0.39 is 15.8 Å². The van der Waals surface area contributed by atoms with Gasteiger partial charge < -0.3 is 10.6 Å². The van der Waals surface area contributed by atoms with E-state index in [1.54, 1.807) is 12.1 Å². The summed E-state index contributed by atoms with van der Waals surface area (Å²) in [6, 6.07) is 10.8. The van der Waals surface area contributed by atoms with Crippen LogP contribution in [0.4, 0.5) is 20.6 Å². The second-order valence-electron chi connectivity index (χ2n) is 5.51. The molecule has 1 fully saturated rings. The Bertz CT molecular complexity index is 832. The SMILES string of the molecule is O=C(Nc1ccc(NS(=O)(=O)c2ccc(F)cc2)cc1)NC1CC1. The van der Waals surface area contributed by atoms with E-state index in [0.29, 0.717) is 11.4 Å². The maximum Gasteiger partial charge on any atom is 0.319 e. The fourth-order valence-corrected chi connectivity index (χ4v) is 3.09. The Balaban J connectivity index is 1.64. The predicted octanol–water partition coefficient (Wildman–Crippen LogP) is 2.91. The predicted molar refractivity (Wildman–Crippen MR) is 88.8 cm³/mol. The summed E-state index contributed by atoms with van der Waals surface area (Å²) in [7, 11) is -3.79. The van der Waals surface area contributed by atoms with Crippen molar-refractivity contribution in [3.63, 3.8) is 0 Å². The summed E-state index contributed by atoms with van der Waals surface area (Å²) < 4.78 is 39.7. The van der Waals surface area contributed by atoms with Gasteiger partial charge in [-0.2, -0.15) is 0 Å². The van der Waals surface area contributed by atoms with E-state index >= 15 is 0 Å². The molecule has 0 saturated heterocycles. The van der Waals surface area contributed by atoms with Gasteiger partial charge in [-0.1, -0.05) is 0 Å². The van der Waals surface area contributed by atoms with Crippen molar-refractivity contribution in [2.24, 2.45) is 0 Å². The van der Waals surface area contributed by atoms with Crippen LogP contribution in [-0.2, 0) is 10.0 Å². The molecule has 0 atom stereocenters. The van der Waals surface area contributed by atoms with Crippen LogP contribution in [0.1, 0.15) is 12.8 Å². The summed E-state index contributed by atoms with van der Waals surface area (Å²) in [4.78, 5) is 11.6. The van der Waals surface area contributed by atoms with Crippen molar-refractivity contribution in [1.82, 2.24) is 5.32 Å². The van der Waals surface area contributed by atoms with Gasteiger partial charge >= 0.3 is 6.03 Å². The summed E-state index contributed by atoms with van der Waals surface area (Å²) in [5, 5.41) is 5.46. The van der Waals surface area contributed by atoms with Crippen LogP contribution >= 0.6 is 0 Å². The molecule has 0 unspecified atom stereocenters. The van der Waals surface area contributed by atoms with Crippen molar-refractivity contribution in [3.8, 4) is 0 Å². The van der Waals surface area contributed by atoms with Gasteiger partial charge in [0.1, 0.15) is 5.82 Å². The summed E-state index contributed by atoms with van der Waals surface area (Å²) in [6.07, 6.45) is 2.00. The van der Waals surface area contributed by atoms with Crippen molar-refractivity contribution in [1.29, 1.82) is 0 Å². The van der Waals surface area contributed by atoms with Crippen molar-refractivity contribution in [3.05, 3.63) is 54.3 Å². The summed E-state index contributed by atoms with van der Waals surface area (Å²) in [5.74, 6) is -0.506. The number of nitrogens with one attached hydrogen (secondary N) is 3. The number of carbonyl (C=O) groups is 1. The molecule has 2 amide bonds. The molecule has 0 aromatic heterocycles. The lowest BCUT2D eigenvalue weighted by Crippen LogP contribution is -2.30. The van der Waals surface area contributed by atoms with Crippen LogP contribution in [0.25, 0.3) is 0 Å². The second kappa shape index (κ2) is 6.48. The monoisotopic (exact) mass is 349 g/mol. The third-order valence-corrected chi connectivity index (χ3v) is 4.83. The molecule has 0 bridgehead atoms. The topological polar surface area (TPSA) is 87.3 Å². The first-order chi connectivity index (χ1) is 11.4. The Labute approximate surface area is 139 Å². The molecule has 2 aromatic rings. The Morgan fingerprint density at radius 2 is 1.54 bits per heavy atom. The molecule has 2 aromatic carbocycles. The molecule has 6 nitrogen and oxygen atoms in total. The number of urea groups is 1. The molecule has 3 rings (SSSR count). The van der Waals surface area contributed by atoms with Crippen LogP contribution in [0.3, 0.4) is 0 Å². The molecule has 0 heterocycles. The number of benzene rings is 2. The molecule has 24 heavy (non-hydrogen) atoms. The van der Waals surface area contributed by atoms with Gasteiger partial charge in [-0.25, -0.2) is 17.6 Å². The average molecular weight is 349 g/mol. The smallest absolute Gasteiger partial charge is 0.319 e. The molecule has 0 spiro atoms. The first-order valence-electron chi connectivity index (χ1n) is 7.38. The van der Waals surface area contributed by atoms with Gasteiger partial charge in [-0.15, -0.1) is 0 Å². The van der Waals surface area contributed by atoms with Crippen LogP contribution in [-0.4, -0.2) is 20.5 Å². The van der Waals surface area contributed by atoms with E-state index in [4.69, 9.17) is 0 Å². The molecule has 1 saturated carbocycles. The number of amides is 2. The highest BCUT2D eigenvalue weighted by atomic mass is 32.2. The molecular weight excluding hydrogens is 333 g/mol. The van der Waals surface area contributed by atoms with E-state index in [2.05, 4.69) is 15.4 Å². The first-order valence-corrected chi connectivity index (χ1v) is 8.87.